The highest BCUT2D eigenvalue weighted by Crippen LogP contribution is 2.41. The van der Waals surface area contributed by atoms with Crippen LogP contribution in [0.15, 0.2) is 146 Å². The third-order valence-corrected chi connectivity index (χ3v) is 7.59. The van der Waals surface area contributed by atoms with E-state index in [1.54, 1.807) is 32.4 Å². The average Bonchev–Trinajstić information content (AvgIpc) is 3.17. The molecular formula is C38H33N7O9S2. The van der Waals surface area contributed by atoms with E-state index < -0.39 is 21.2 Å². The number of fused-ring (bicyclic) bond motifs is 1. The summed E-state index contributed by atoms with van der Waals surface area (Å²) in [5.41, 5.74) is 6.95. The molecule has 0 heterocycles. The number of ether oxygens (including phenoxy) is 2. The maximum absolute atomic E-state index is 11.0. The molecule has 0 aliphatic heterocycles. The molecule has 6 rings (SSSR count). The standard InChI is InChI=1S/C38H33N7O3.2O3S/c1-24-19-35(36(47-3)22-32(24)42-40-28-13-9-6-10-14-28)45-43-33-23-37(48-4)34(20-25(33)2)44-41-31-18-15-26-21-29(16-17-30(26)38(31)46)39-27-11-7-5-8-12-27;2*1-4(2)3/h5-23,39,46H,1-4H3;;. The van der Waals surface area contributed by atoms with Crippen LogP contribution in [0, 0.1) is 13.8 Å². The van der Waals surface area contributed by atoms with E-state index in [2.05, 4.69) is 36.0 Å². The lowest BCUT2D eigenvalue weighted by atomic mass is 10.1. The van der Waals surface area contributed by atoms with Crippen LogP contribution in [0.2, 0.25) is 0 Å². The normalized spacial score (nSPS) is 10.8. The van der Waals surface area contributed by atoms with Crippen LogP contribution >= 0.6 is 0 Å². The molecular weight excluding hydrogens is 763 g/mol. The molecule has 2 N–H and O–H groups in total. The molecule has 6 aromatic carbocycles. The molecule has 0 amide bonds. The molecule has 0 aromatic heterocycles. The molecule has 0 aliphatic rings. The van der Waals surface area contributed by atoms with Gasteiger partial charge in [-0.25, -0.2) is 0 Å². The minimum Gasteiger partial charge on any atom is -0.505 e. The summed E-state index contributed by atoms with van der Waals surface area (Å²) in [7, 11) is -3.10. The maximum atomic E-state index is 11.0. The summed E-state index contributed by atoms with van der Waals surface area (Å²) in [6.45, 7) is 3.83. The number of phenols is 1. The van der Waals surface area contributed by atoms with Gasteiger partial charge in [-0.05, 0) is 91.0 Å². The molecule has 0 spiro atoms. The zero-order valence-corrected chi connectivity index (χ0v) is 31.8. The summed E-state index contributed by atoms with van der Waals surface area (Å²) in [6, 6.07) is 36.0. The Morgan fingerprint density at radius 3 is 1.48 bits per heavy atom. The number of azo groups is 3. The lowest BCUT2D eigenvalue weighted by Gasteiger charge is -2.10. The van der Waals surface area contributed by atoms with E-state index in [4.69, 9.17) is 34.7 Å². The minimum atomic E-state index is -3.11. The second-order valence-corrected chi connectivity index (χ2v) is 12.1. The van der Waals surface area contributed by atoms with E-state index in [1.165, 1.54) is 0 Å². The number of aryl methyl sites for hydroxylation is 2. The number of nitrogens with zero attached hydrogens (tertiary/aromatic N) is 6. The summed E-state index contributed by atoms with van der Waals surface area (Å²) in [4.78, 5) is 0. The molecule has 6 aromatic rings. The van der Waals surface area contributed by atoms with Gasteiger partial charge in [0.1, 0.15) is 28.6 Å². The van der Waals surface area contributed by atoms with Crippen molar-refractivity contribution in [1.29, 1.82) is 0 Å². The van der Waals surface area contributed by atoms with Gasteiger partial charge < -0.3 is 19.9 Å². The van der Waals surface area contributed by atoms with Crippen LogP contribution in [-0.2, 0) is 21.2 Å². The number of rotatable bonds is 10. The Hall–Kier alpha value is -7.18. The zero-order valence-electron chi connectivity index (χ0n) is 30.2. The lowest BCUT2D eigenvalue weighted by Crippen LogP contribution is -1.89. The number of nitrogens with one attached hydrogen (secondary N) is 1. The van der Waals surface area contributed by atoms with Gasteiger partial charge in [0.2, 0.25) is 0 Å². The van der Waals surface area contributed by atoms with Gasteiger partial charge in [0.25, 0.3) is 0 Å². The fraction of sp³-hybridized carbons (Fsp3) is 0.105. The van der Waals surface area contributed by atoms with Crippen molar-refractivity contribution in [3.63, 3.8) is 0 Å². The van der Waals surface area contributed by atoms with Crippen LogP contribution in [0.3, 0.4) is 0 Å². The van der Waals surface area contributed by atoms with Gasteiger partial charge in [-0.15, -0.1) is 40.6 Å². The van der Waals surface area contributed by atoms with Crippen LogP contribution < -0.4 is 14.8 Å². The van der Waals surface area contributed by atoms with Crippen LogP contribution in [0.25, 0.3) is 10.8 Å². The topological polar surface area (TPSA) is 227 Å². The van der Waals surface area contributed by atoms with Crippen molar-refractivity contribution in [3.05, 3.63) is 126 Å². The van der Waals surface area contributed by atoms with Gasteiger partial charge in [0.15, 0.2) is 5.75 Å². The molecule has 0 bridgehead atoms. The predicted octanol–water partition coefficient (Wildman–Crippen LogP) is 10.2. The Bertz CT molecular complexity index is 2600. The molecule has 16 nitrogen and oxygen atoms in total. The molecule has 0 radical (unpaired) electrons. The molecule has 56 heavy (non-hydrogen) atoms. The molecule has 0 saturated carbocycles. The van der Waals surface area contributed by atoms with Crippen molar-refractivity contribution in [2.24, 2.45) is 30.7 Å². The molecule has 286 valence electrons. The molecule has 0 aliphatic carbocycles. The van der Waals surface area contributed by atoms with E-state index in [-0.39, 0.29) is 5.75 Å². The summed E-state index contributed by atoms with van der Waals surface area (Å²) in [5, 5.41) is 42.4. The predicted molar refractivity (Wildman–Crippen MR) is 209 cm³/mol. The van der Waals surface area contributed by atoms with E-state index in [0.717, 1.165) is 33.6 Å². The van der Waals surface area contributed by atoms with Crippen LogP contribution in [0.1, 0.15) is 11.1 Å². The first kappa shape index (κ1) is 41.6. The van der Waals surface area contributed by atoms with Crippen molar-refractivity contribution >= 4 is 77.5 Å². The number of hydrogen-bond acceptors (Lipinski definition) is 16. The monoisotopic (exact) mass is 795 g/mol. The number of anilines is 2. The Kier molecular flexibility index (Phi) is 15.1. The third kappa shape index (κ3) is 12.2. The highest BCUT2D eigenvalue weighted by molar-refractivity contribution is 7.59. The summed E-state index contributed by atoms with van der Waals surface area (Å²) in [5.74, 6) is 1.01. The van der Waals surface area contributed by atoms with E-state index in [0.29, 0.717) is 45.3 Å². The largest absolute Gasteiger partial charge is 0.505 e. The summed E-state index contributed by atoms with van der Waals surface area (Å²) < 4.78 is 61.9. The second kappa shape index (κ2) is 20.3. The van der Waals surface area contributed by atoms with Crippen molar-refractivity contribution in [2.45, 2.75) is 13.8 Å². The number of phenolic OH excluding ortho intramolecular Hbond substituents is 1. The molecule has 0 unspecified atom stereocenters. The minimum absolute atomic E-state index is 0.0421. The smallest absolute Gasteiger partial charge is 0.425 e. The van der Waals surface area contributed by atoms with Crippen LogP contribution in [0.4, 0.5) is 45.5 Å². The summed E-state index contributed by atoms with van der Waals surface area (Å²) >= 11 is 0. The van der Waals surface area contributed by atoms with Crippen molar-refractivity contribution in [3.8, 4) is 17.2 Å². The van der Waals surface area contributed by atoms with Crippen LogP contribution in [0.5, 0.6) is 17.2 Å². The average molecular weight is 796 g/mol. The summed E-state index contributed by atoms with van der Waals surface area (Å²) in [6.07, 6.45) is 0. The number of para-hydroxylation sites is 1. The number of methoxy groups -OCH3 is 2. The highest BCUT2D eigenvalue weighted by Gasteiger charge is 2.12. The fourth-order valence-electron chi connectivity index (χ4n) is 4.99. The Labute approximate surface area is 324 Å². The third-order valence-electron chi connectivity index (χ3n) is 7.59. The molecule has 0 fully saturated rings. The van der Waals surface area contributed by atoms with Crippen molar-refractivity contribution < 1.29 is 39.8 Å². The van der Waals surface area contributed by atoms with Crippen molar-refractivity contribution in [2.75, 3.05) is 19.5 Å². The molecule has 0 atom stereocenters. The SMILES string of the molecule is COc1cc(N=Nc2ccccc2)c(C)cc1N=Nc1cc(OC)c(N=Nc2ccc3cc(Nc4ccccc4)ccc3c2O)cc1C.O=S(=O)=O.O=S(=O)=O. The first-order chi connectivity index (χ1) is 26.9. The molecule has 0 saturated heterocycles. The zero-order chi connectivity index (χ0) is 40.6. The van der Waals surface area contributed by atoms with E-state index in [1.807, 2.05) is 111 Å². The fourth-order valence-corrected chi connectivity index (χ4v) is 4.99. The van der Waals surface area contributed by atoms with Gasteiger partial charge >= 0.3 is 21.2 Å². The van der Waals surface area contributed by atoms with E-state index >= 15 is 0 Å². The van der Waals surface area contributed by atoms with Gasteiger partial charge in [0, 0.05) is 28.9 Å². The Morgan fingerprint density at radius 2 is 0.964 bits per heavy atom. The lowest BCUT2D eigenvalue weighted by molar-refractivity contribution is 0.415. The first-order valence-corrected chi connectivity index (χ1v) is 18.2. The van der Waals surface area contributed by atoms with Crippen molar-refractivity contribution in [1.82, 2.24) is 0 Å². The highest BCUT2D eigenvalue weighted by atomic mass is 32.2. The molecule has 18 heteroatoms. The van der Waals surface area contributed by atoms with Gasteiger partial charge in [-0.3, -0.25) is 0 Å². The first-order valence-electron chi connectivity index (χ1n) is 16.2. The van der Waals surface area contributed by atoms with Crippen LogP contribution in [-0.4, -0.2) is 44.6 Å². The number of benzene rings is 6. The number of aromatic hydroxyl groups is 1. The Balaban J connectivity index is 0.000000795. The van der Waals surface area contributed by atoms with Gasteiger partial charge in [-0.2, -0.15) is 15.3 Å². The van der Waals surface area contributed by atoms with Gasteiger partial charge in [-0.1, -0.05) is 42.5 Å². The number of hydrogen-bond donors (Lipinski definition) is 2. The quantitative estimate of drug-likeness (QED) is 0.125. The second-order valence-electron chi connectivity index (χ2n) is 11.3. The Morgan fingerprint density at radius 1 is 0.500 bits per heavy atom. The van der Waals surface area contributed by atoms with Gasteiger partial charge in [0.05, 0.1) is 31.3 Å². The maximum Gasteiger partial charge on any atom is 0.425 e. The van der Waals surface area contributed by atoms with E-state index in [9.17, 15) is 5.11 Å².